The van der Waals surface area contributed by atoms with E-state index >= 15 is 0 Å². The Morgan fingerprint density at radius 1 is 1.78 bits per heavy atom. The fourth-order valence-electron chi connectivity index (χ4n) is 0.809. The number of aliphatic hydroxyl groups is 1. The van der Waals surface area contributed by atoms with Crippen molar-refractivity contribution in [3.05, 3.63) is 17.5 Å². The molecule has 1 rings (SSSR count). The number of rotatable bonds is 1. The summed E-state index contributed by atoms with van der Waals surface area (Å²) in [5.41, 5.74) is 1.80. The van der Waals surface area contributed by atoms with Crippen molar-refractivity contribution in [2.24, 2.45) is 7.05 Å². The summed E-state index contributed by atoms with van der Waals surface area (Å²) in [6.07, 6.45) is 1.88. The number of hydrogen-bond acceptors (Lipinski definition) is 2. The zero-order valence-electron chi connectivity index (χ0n) is 5.63. The van der Waals surface area contributed by atoms with E-state index in [1.165, 1.54) is 0 Å². The fraction of sp³-hybridized carbons (Fsp3) is 0.500. The molecule has 1 aromatic heterocycles. The molecule has 0 spiro atoms. The molecule has 1 heterocycles. The molecule has 50 valence electrons. The third-order valence-electron chi connectivity index (χ3n) is 1.26. The monoisotopic (exact) mass is 126 g/mol. The van der Waals surface area contributed by atoms with Crippen LogP contribution in [0.4, 0.5) is 0 Å². The second kappa shape index (κ2) is 2.19. The highest BCUT2D eigenvalue weighted by Crippen LogP contribution is 2.02. The Morgan fingerprint density at radius 2 is 2.44 bits per heavy atom. The molecule has 0 bridgehead atoms. The van der Waals surface area contributed by atoms with Crippen molar-refractivity contribution < 1.29 is 5.11 Å². The third-order valence-corrected chi connectivity index (χ3v) is 1.26. The molecular formula is C6H10N2O. The summed E-state index contributed by atoms with van der Waals surface area (Å²) in [5, 5.41) is 12.7. The number of aliphatic hydroxyl groups excluding tert-OH is 1. The van der Waals surface area contributed by atoms with Crippen LogP contribution in [0.3, 0.4) is 0 Å². The normalized spacial score (nSPS) is 10.1. The molecule has 1 N–H and O–H groups in total. The minimum atomic E-state index is 0.0344. The summed E-state index contributed by atoms with van der Waals surface area (Å²) < 4.78 is 1.70. The van der Waals surface area contributed by atoms with Gasteiger partial charge in [0, 0.05) is 13.2 Å². The van der Waals surface area contributed by atoms with E-state index in [0.717, 1.165) is 11.3 Å². The van der Waals surface area contributed by atoms with Gasteiger partial charge in [-0.2, -0.15) is 5.10 Å². The van der Waals surface area contributed by atoms with E-state index in [4.69, 9.17) is 5.11 Å². The molecule has 0 aliphatic heterocycles. The molecule has 0 aliphatic rings. The lowest BCUT2D eigenvalue weighted by Gasteiger charge is -1.85. The lowest BCUT2D eigenvalue weighted by molar-refractivity contribution is 0.275. The highest BCUT2D eigenvalue weighted by molar-refractivity contribution is 5.12. The van der Waals surface area contributed by atoms with E-state index in [1.807, 2.05) is 20.2 Å². The van der Waals surface area contributed by atoms with Gasteiger partial charge in [0.1, 0.15) is 0 Å². The van der Waals surface area contributed by atoms with Crippen LogP contribution in [0.1, 0.15) is 11.3 Å². The van der Waals surface area contributed by atoms with Gasteiger partial charge in [-0.05, 0) is 12.5 Å². The van der Waals surface area contributed by atoms with Crippen molar-refractivity contribution >= 4 is 0 Å². The van der Waals surface area contributed by atoms with Crippen LogP contribution >= 0.6 is 0 Å². The smallest absolute Gasteiger partial charge is 0.0907 e. The first-order chi connectivity index (χ1) is 4.24. The average Bonchev–Trinajstić information content (AvgIpc) is 2.10. The maximum atomic E-state index is 8.66. The van der Waals surface area contributed by atoms with Crippen LogP contribution in [0.15, 0.2) is 6.20 Å². The average molecular weight is 126 g/mol. The fourth-order valence-corrected chi connectivity index (χ4v) is 0.809. The minimum absolute atomic E-state index is 0.0344. The Kier molecular flexibility index (Phi) is 1.53. The van der Waals surface area contributed by atoms with Crippen LogP contribution in [-0.2, 0) is 13.7 Å². The Morgan fingerprint density at radius 3 is 2.67 bits per heavy atom. The maximum absolute atomic E-state index is 8.66. The van der Waals surface area contributed by atoms with Gasteiger partial charge in [-0.3, -0.25) is 4.68 Å². The van der Waals surface area contributed by atoms with Gasteiger partial charge in [0.25, 0.3) is 0 Å². The first-order valence-electron chi connectivity index (χ1n) is 2.84. The van der Waals surface area contributed by atoms with E-state index in [1.54, 1.807) is 4.68 Å². The largest absolute Gasteiger partial charge is 0.390 e. The summed E-state index contributed by atoms with van der Waals surface area (Å²) in [5.74, 6) is 0. The second-order valence-corrected chi connectivity index (χ2v) is 2.09. The second-order valence-electron chi connectivity index (χ2n) is 2.09. The predicted molar refractivity (Wildman–Crippen MR) is 33.9 cm³/mol. The maximum Gasteiger partial charge on any atom is 0.0907 e. The van der Waals surface area contributed by atoms with Crippen LogP contribution < -0.4 is 0 Å². The van der Waals surface area contributed by atoms with Crippen molar-refractivity contribution in [3.8, 4) is 0 Å². The molecule has 1 aromatic rings. The Labute approximate surface area is 53.9 Å². The number of aromatic nitrogens is 2. The molecule has 0 radical (unpaired) electrons. The third kappa shape index (κ3) is 1.10. The molecule has 3 nitrogen and oxygen atoms in total. The van der Waals surface area contributed by atoms with Gasteiger partial charge in [-0.25, -0.2) is 0 Å². The molecule has 0 aliphatic carbocycles. The van der Waals surface area contributed by atoms with Crippen molar-refractivity contribution in [2.45, 2.75) is 13.5 Å². The lowest BCUT2D eigenvalue weighted by atomic mass is 10.3. The molecule has 9 heavy (non-hydrogen) atoms. The van der Waals surface area contributed by atoms with Crippen LogP contribution in [0.2, 0.25) is 0 Å². The molecule has 0 amide bonds. The van der Waals surface area contributed by atoms with E-state index in [2.05, 4.69) is 5.10 Å². The molecule has 0 unspecified atom stereocenters. The lowest BCUT2D eigenvalue weighted by Crippen LogP contribution is -1.90. The van der Waals surface area contributed by atoms with E-state index in [9.17, 15) is 0 Å². The van der Waals surface area contributed by atoms with Gasteiger partial charge < -0.3 is 5.11 Å². The van der Waals surface area contributed by atoms with Crippen LogP contribution in [-0.4, -0.2) is 14.9 Å². The van der Waals surface area contributed by atoms with Gasteiger partial charge in [0.2, 0.25) is 0 Å². The first kappa shape index (κ1) is 6.29. The molecular weight excluding hydrogens is 116 g/mol. The summed E-state index contributed by atoms with van der Waals surface area (Å²) in [4.78, 5) is 0. The standard InChI is InChI=1S/C6H10N2O/c1-5-3-8(2)7-6(5)4-9/h3,9H,4H2,1-2H3. The van der Waals surface area contributed by atoms with Crippen molar-refractivity contribution in [1.29, 1.82) is 0 Å². The highest BCUT2D eigenvalue weighted by Gasteiger charge is 1.98. The van der Waals surface area contributed by atoms with Crippen molar-refractivity contribution in [1.82, 2.24) is 9.78 Å². The van der Waals surface area contributed by atoms with Crippen molar-refractivity contribution in [3.63, 3.8) is 0 Å². The number of nitrogens with zero attached hydrogens (tertiary/aromatic N) is 2. The number of aryl methyl sites for hydroxylation is 2. The van der Waals surface area contributed by atoms with Crippen LogP contribution in [0.25, 0.3) is 0 Å². The van der Waals surface area contributed by atoms with Gasteiger partial charge in [0.15, 0.2) is 0 Å². The topological polar surface area (TPSA) is 38.0 Å². The van der Waals surface area contributed by atoms with Gasteiger partial charge in [0.05, 0.1) is 12.3 Å². The van der Waals surface area contributed by atoms with E-state index in [-0.39, 0.29) is 6.61 Å². The Bertz CT molecular complexity index is 205. The first-order valence-corrected chi connectivity index (χ1v) is 2.84. The zero-order valence-corrected chi connectivity index (χ0v) is 5.63. The predicted octanol–water partition coefficient (Wildman–Crippen LogP) is 0.221. The minimum Gasteiger partial charge on any atom is -0.390 e. The number of hydrogen-bond donors (Lipinski definition) is 1. The molecule has 0 aromatic carbocycles. The van der Waals surface area contributed by atoms with Gasteiger partial charge in [-0.15, -0.1) is 0 Å². The molecule has 3 heteroatoms. The summed E-state index contributed by atoms with van der Waals surface area (Å²) in [7, 11) is 1.84. The van der Waals surface area contributed by atoms with Crippen LogP contribution in [0, 0.1) is 6.92 Å². The van der Waals surface area contributed by atoms with Crippen molar-refractivity contribution in [2.75, 3.05) is 0 Å². The summed E-state index contributed by atoms with van der Waals surface area (Å²) >= 11 is 0. The zero-order chi connectivity index (χ0) is 6.85. The Balaban J connectivity index is 3.01. The summed E-state index contributed by atoms with van der Waals surface area (Å²) in [6.45, 7) is 1.96. The SMILES string of the molecule is Cc1cn(C)nc1CO. The van der Waals surface area contributed by atoms with Gasteiger partial charge >= 0.3 is 0 Å². The molecule has 0 fully saturated rings. The summed E-state index contributed by atoms with van der Waals surface area (Å²) in [6, 6.07) is 0. The molecule has 0 atom stereocenters. The van der Waals surface area contributed by atoms with E-state index < -0.39 is 0 Å². The van der Waals surface area contributed by atoms with Crippen LogP contribution in [0.5, 0.6) is 0 Å². The van der Waals surface area contributed by atoms with E-state index in [0.29, 0.717) is 0 Å². The molecule has 0 saturated heterocycles. The Hall–Kier alpha value is -0.830. The quantitative estimate of drug-likeness (QED) is 0.584. The molecule has 0 saturated carbocycles. The highest BCUT2D eigenvalue weighted by atomic mass is 16.3. The van der Waals surface area contributed by atoms with Gasteiger partial charge in [-0.1, -0.05) is 0 Å².